The van der Waals surface area contributed by atoms with Crippen LogP contribution in [0.2, 0.25) is 0 Å². The van der Waals surface area contributed by atoms with Gasteiger partial charge in [-0.05, 0) is 6.26 Å². The van der Waals surface area contributed by atoms with Gasteiger partial charge in [-0.2, -0.15) is 16.9 Å². The third kappa shape index (κ3) is 2.94. The molecule has 0 spiro atoms. The van der Waals surface area contributed by atoms with E-state index in [0.29, 0.717) is 5.75 Å². The van der Waals surface area contributed by atoms with E-state index in [9.17, 15) is 13.6 Å². The van der Waals surface area contributed by atoms with E-state index in [1.807, 2.05) is 6.26 Å². The third-order valence-corrected chi connectivity index (χ3v) is 2.51. The summed E-state index contributed by atoms with van der Waals surface area (Å²) < 4.78 is 31.0. The number of hydrogen-bond acceptors (Lipinski definition) is 4. The number of rotatable bonds is 5. The molecule has 0 aliphatic rings. The van der Waals surface area contributed by atoms with Crippen molar-refractivity contribution in [1.29, 1.82) is 0 Å². The van der Waals surface area contributed by atoms with E-state index < -0.39 is 18.1 Å². The van der Waals surface area contributed by atoms with Crippen LogP contribution in [0.1, 0.15) is 22.5 Å². The van der Waals surface area contributed by atoms with Crippen molar-refractivity contribution in [2.24, 2.45) is 7.05 Å². The summed E-state index contributed by atoms with van der Waals surface area (Å²) in [7, 11) is 1.36. The minimum Gasteiger partial charge on any atom is -0.461 e. The van der Waals surface area contributed by atoms with Crippen LogP contribution in [0.25, 0.3) is 0 Å². The summed E-state index contributed by atoms with van der Waals surface area (Å²) in [5, 5.41) is 3.62. The van der Waals surface area contributed by atoms with Crippen LogP contribution in [0.15, 0.2) is 6.20 Å². The number of nitrogens with zero attached hydrogens (tertiary/aromatic N) is 2. The minimum atomic E-state index is -2.74. The Morgan fingerprint density at radius 1 is 1.69 bits per heavy atom. The Morgan fingerprint density at radius 2 is 2.38 bits per heavy atom. The number of alkyl halides is 2. The Labute approximate surface area is 96.0 Å². The van der Waals surface area contributed by atoms with Crippen LogP contribution in [-0.4, -0.2) is 34.4 Å². The predicted octanol–water partition coefficient (Wildman–Crippen LogP) is 1.88. The first kappa shape index (κ1) is 13.0. The maximum Gasteiger partial charge on any atom is 0.341 e. The van der Waals surface area contributed by atoms with Crippen LogP contribution in [0.3, 0.4) is 0 Å². The highest BCUT2D eigenvalue weighted by atomic mass is 32.2. The minimum absolute atomic E-state index is 0.168. The van der Waals surface area contributed by atoms with Crippen LogP contribution in [-0.2, 0) is 11.8 Å². The van der Waals surface area contributed by atoms with Crippen molar-refractivity contribution < 1.29 is 18.3 Å². The maximum absolute atomic E-state index is 12.6. The molecule has 0 saturated carbocycles. The molecule has 4 nitrogen and oxygen atoms in total. The van der Waals surface area contributed by atoms with E-state index in [4.69, 9.17) is 4.74 Å². The molecule has 90 valence electrons. The molecule has 0 saturated heterocycles. The van der Waals surface area contributed by atoms with Gasteiger partial charge >= 0.3 is 5.97 Å². The van der Waals surface area contributed by atoms with Crippen LogP contribution in [0.4, 0.5) is 8.78 Å². The Balaban J connectivity index is 2.75. The second-order valence-electron chi connectivity index (χ2n) is 3.00. The van der Waals surface area contributed by atoms with Gasteiger partial charge in [0.05, 0.1) is 6.20 Å². The van der Waals surface area contributed by atoms with E-state index in [1.165, 1.54) is 18.8 Å². The van der Waals surface area contributed by atoms with Gasteiger partial charge in [0.15, 0.2) is 0 Å². The van der Waals surface area contributed by atoms with E-state index in [2.05, 4.69) is 5.10 Å². The molecule has 7 heteroatoms. The van der Waals surface area contributed by atoms with Crippen molar-refractivity contribution >= 4 is 17.7 Å². The molecular weight excluding hydrogens is 238 g/mol. The number of aryl methyl sites for hydroxylation is 1. The first-order chi connectivity index (χ1) is 7.57. The molecule has 0 fully saturated rings. The van der Waals surface area contributed by atoms with E-state index in [-0.39, 0.29) is 12.2 Å². The molecule has 16 heavy (non-hydrogen) atoms. The number of ether oxygens (including phenoxy) is 1. The first-order valence-electron chi connectivity index (χ1n) is 4.54. The highest BCUT2D eigenvalue weighted by molar-refractivity contribution is 7.98. The third-order valence-electron chi connectivity index (χ3n) is 1.93. The fourth-order valence-corrected chi connectivity index (χ4v) is 1.41. The lowest BCUT2D eigenvalue weighted by molar-refractivity contribution is 0.0518. The normalized spacial score (nSPS) is 10.8. The van der Waals surface area contributed by atoms with Gasteiger partial charge < -0.3 is 4.74 Å². The maximum atomic E-state index is 12.6. The summed E-state index contributed by atoms with van der Waals surface area (Å²) in [6, 6.07) is 0. The van der Waals surface area contributed by atoms with Crippen molar-refractivity contribution in [1.82, 2.24) is 9.78 Å². The highest BCUT2D eigenvalue weighted by Gasteiger charge is 2.23. The van der Waals surface area contributed by atoms with Crippen molar-refractivity contribution in [2.75, 3.05) is 18.6 Å². The highest BCUT2D eigenvalue weighted by Crippen LogP contribution is 2.22. The number of hydrogen-bond donors (Lipinski definition) is 0. The standard InChI is InChI=1S/C9H12F2N2O2S/c1-13-7(8(10)11)6(5-12-13)9(14)15-3-4-16-2/h5,8H,3-4H2,1-2H3. The zero-order valence-electron chi connectivity index (χ0n) is 8.94. The van der Waals surface area contributed by atoms with Gasteiger partial charge in [-0.1, -0.05) is 0 Å². The summed E-state index contributed by atoms with van der Waals surface area (Å²) in [4.78, 5) is 11.4. The van der Waals surface area contributed by atoms with Gasteiger partial charge in [0.1, 0.15) is 17.9 Å². The van der Waals surface area contributed by atoms with E-state index in [1.54, 1.807) is 0 Å². The number of aromatic nitrogens is 2. The van der Waals surface area contributed by atoms with Gasteiger partial charge in [0.2, 0.25) is 0 Å². The smallest absolute Gasteiger partial charge is 0.341 e. The van der Waals surface area contributed by atoms with Gasteiger partial charge in [-0.3, -0.25) is 4.68 Å². The number of halogens is 2. The van der Waals surface area contributed by atoms with Crippen molar-refractivity contribution in [3.8, 4) is 0 Å². The molecule has 1 aromatic heterocycles. The Hall–Kier alpha value is -1.11. The summed E-state index contributed by atoms with van der Waals surface area (Å²) in [6.07, 6.45) is 0.224. The van der Waals surface area contributed by atoms with Gasteiger partial charge in [-0.25, -0.2) is 13.6 Å². The van der Waals surface area contributed by atoms with Crippen LogP contribution < -0.4 is 0 Å². The topological polar surface area (TPSA) is 44.1 Å². The molecule has 0 unspecified atom stereocenters. The number of carbonyl (C=O) groups is 1. The Kier molecular flexibility index (Phi) is 4.72. The summed E-state index contributed by atoms with van der Waals surface area (Å²) in [5.74, 6) is -0.117. The Morgan fingerprint density at radius 3 is 2.94 bits per heavy atom. The average Bonchev–Trinajstić information content (AvgIpc) is 2.60. The summed E-state index contributed by atoms with van der Waals surface area (Å²) in [5.41, 5.74) is -0.576. The molecule has 0 bridgehead atoms. The van der Waals surface area contributed by atoms with Crippen LogP contribution in [0.5, 0.6) is 0 Å². The van der Waals surface area contributed by atoms with E-state index >= 15 is 0 Å². The van der Waals surface area contributed by atoms with Gasteiger partial charge in [0, 0.05) is 12.8 Å². The SMILES string of the molecule is CSCCOC(=O)c1cnn(C)c1C(F)F. The second-order valence-corrected chi connectivity index (χ2v) is 3.98. The van der Waals surface area contributed by atoms with Gasteiger partial charge in [0.25, 0.3) is 6.43 Å². The van der Waals surface area contributed by atoms with Crippen molar-refractivity contribution in [3.05, 3.63) is 17.5 Å². The lowest BCUT2D eigenvalue weighted by atomic mass is 10.2. The monoisotopic (exact) mass is 250 g/mol. The average molecular weight is 250 g/mol. The molecule has 0 aliphatic carbocycles. The molecule has 0 amide bonds. The molecule has 0 N–H and O–H groups in total. The first-order valence-corrected chi connectivity index (χ1v) is 5.93. The molecular formula is C9H12F2N2O2S. The van der Waals surface area contributed by atoms with Crippen molar-refractivity contribution in [2.45, 2.75) is 6.43 Å². The lowest BCUT2D eigenvalue weighted by Crippen LogP contribution is -2.11. The molecule has 1 heterocycles. The number of esters is 1. The molecule has 0 atom stereocenters. The van der Waals surface area contributed by atoms with Crippen LogP contribution >= 0.6 is 11.8 Å². The van der Waals surface area contributed by atoms with E-state index in [0.717, 1.165) is 10.9 Å². The molecule has 0 aromatic carbocycles. The Bertz CT molecular complexity index is 368. The fourth-order valence-electron chi connectivity index (χ4n) is 1.16. The molecule has 1 aromatic rings. The largest absolute Gasteiger partial charge is 0.461 e. The second kappa shape index (κ2) is 5.83. The molecule has 0 radical (unpaired) electrons. The van der Waals surface area contributed by atoms with Crippen molar-refractivity contribution in [3.63, 3.8) is 0 Å². The molecule has 1 rings (SSSR count). The zero-order chi connectivity index (χ0) is 12.1. The number of carbonyl (C=O) groups excluding carboxylic acids is 1. The summed E-state index contributed by atoms with van der Waals surface area (Å²) in [6.45, 7) is 0.206. The predicted molar refractivity (Wildman–Crippen MR) is 56.8 cm³/mol. The fraction of sp³-hybridized carbons (Fsp3) is 0.556. The lowest BCUT2D eigenvalue weighted by Gasteiger charge is -2.05. The quantitative estimate of drug-likeness (QED) is 0.591. The molecule has 0 aliphatic heterocycles. The van der Waals surface area contributed by atoms with Crippen LogP contribution in [0, 0.1) is 0 Å². The number of thioether (sulfide) groups is 1. The summed E-state index contributed by atoms with van der Waals surface area (Å²) >= 11 is 1.51. The van der Waals surface area contributed by atoms with Gasteiger partial charge in [-0.15, -0.1) is 0 Å². The zero-order valence-corrected chi connectivity index (χ0v) is 9.76.